The van der Waals surface area contributed by atoms with E-state index in [1.54, 1.807) is 0 Å². The molecule has 0 spiro atoms. The predicted octanol–water partition coefficient (Wildman–Crippen LogP) is 3.34. The van der Waals surface area contributed by atoms with Gasteiger partial charge in [0.15, 0.2) is 0 Å². The number of nitrogens with two attached hydrogens (primary N) is 1. The van der Waals surface area contributed by atoms with Crippen molar-refractivity contribution in [2.24, 2.45) is 5.73 Å². The molecule has 4 nitrogen and oxygen atoms in total. The van der Waals surface area contributed by atoms with Crippen molar-refractivity contribution >= 4 is 42.7 Å². The van der Waals surface area contributed by atoms with E-state index in [4.69, 9.17) is 15.2 Å². The molecule has 3 aromatic rings. The first-order chi connectivity index (χ1) is 14.6. The number of rotatable bonds is 10. The average Bonchev–Trinajstić information content (AvgIpc) is 2.82. The first-order valence-corrected chi connectivity index (χ1v) is 14.4. The first kappa shape index (κ1) is 22.6. The molecule has 0 heterocycles. The third kappa shape index (κ3) is 4.65. The Bertz CT molecular complexity index is 839. The van der Waals surface area contributed by atoms with Crippen LogP contribution < -0.4 is 21.6 Å². The Balaban J connectivity index is 1.97. The van der Waals surface area contributed by atoms with Crippen molar-refractivity contribution in [3.05, 3.63) is 91.0 Å². The number of benzene rings is 3. The van der Waals surface area contributed by atoms with Crippen molar-refractivity contribution in [1.29, 1.82) is 0 Å². The van der Waals surface area contributed by atoms with Gasteiger partial charge in [-0.05, 0) is 0 Å². The molecule has 0 atom stereocenters. The van der Waals surface area contributed by atoms with E-state index in [1.165, 1.54) is 15.9 Å². The molecule has 0 fully saturated rings. The Hall–Kier alpha value is -2.04. The molecular weight excluding hydrogens is 461 g/mol. The summed E-state index contributed by atoms with van der Waals surface area (Å²) >= 11 is 4.37. The van der Waals surface area contributed by atoms with Crippen LogP contribution in [0.1, 0.15) is 0 Å². The van der Waals surface area contributed by atoms with Gasteiger partial charge in [0.2, 0.25) is 0 Å². The van der Waals surface area contributed by atoms with Crippen molar-refractivity contribution in [3.63, 3.8) is 0 Å². The molecule has 0 saturated heterocycles. The van der Waals surface area contributed by atoms with E-state index in [9.17, 15) is 4.79 Å². The fourth-order valence-electron chi connectivity index (χ4n) is 3.66. The SMILES string of the molecule is NCC(=O)OCCOCCP(Br)(c1ccccc1)(c1ccccc1)c1ccccc1. The maximum absolute atomic E-state index is 11.2. The Morgan fingerprint density at radius 3 is 1.57 bits per heavy atom. The summed E-state index contributed by atoms with van der Waals surface area (Å²) in [5.41, 5.74) is 5.26. The number of esters is 1. The van der Waals surface area contributed by atoms with Crippen LogP contribution in [0.2, 0.25) is 0 Å². The van der Waals surface area contributed by atoms with Crippen molar-refractivity contribution < 1.29 is 14.3 Å². The molecule has 0 aromatic heterocycles. The zero-order valence-electron chi connectivity index (χ0n) is 16.8. The molecule has 158 valence electrons. The van der Waals surface area contributed by atoms with Crippen LogP contribution in [-0.4, -0.2) is 38.5 Å². The minimum atomic E-state index is -2.97. The van der Waals surface area contributed by atoms with Crippen LogP contribution in [-0.2, 0) is 14.3 Å². The second-order valence-electron chi connectivity index (χ2n) is 6.95. The standard InChI is InChI=1S/C24H27BrNO3P/c25-30(21-10-4-1-5-11-21,22-12-6-2-7-13-22,23-14-8-3-9-15-23)19-18-28-16-17-29-24(27)20-26/h1-15H,16-20,26H2. The predicted molar refractivity (Wildman–Crippen MR) is 130 cm³/mol. The second kappa shape index (κ2) is 10.3. The van der Waals surface area contributed by atoms with E-state index in [0.29, 0.717) is 13.2 Å². The quantitative estimate of drug-likeness (QED) is 0.270. The average molecular weight is 488 g/mol. The Kier molecular flexibility index (Phi) is 7.79. The molecule has 0 saturated carbocycles. The van der Waals surface area contributed by atoms with Gasteiger partial charge in [0.25, 0.3) is 0 Å². The zero-order chi connectivity index (χ0) is 21.3. The van der Waals surface area contributed by atoms with Crippen LogP contribution in [0.25, 0.3) is 0 Å². The molecule has 2 N–H and O–H groups in total. The summed E-state index contributed by atoms with van der Waals surface area (Å²) in [6, 6.07) is 31.7. The molecular formula is C24H27BrNO3P. The summed E-state index contributed by atoms with van der Waals surface area (Å²) < 4.78 is 10.9. The van der Waals surface area contributed by atoms with Crippen LogP contribution in [0.3, 0.4) is 0 Å². The molecule has 0 bridgehead atoms. The van der Waals surface area contributed by atoms with Crippen LogP contribution in [0.5, 0.6) is 0 Å². The summed E-state index contributed by atoms with van der Waals surface area (Å²) in [6.45, 7) is 0.940. The van der Waals surface area contributed by atoms with Gasteiger partial charge in [-0.3, -0.25) is 0 Å². The normalized spacial score (nSPS) is 12.7. The van der Waals surface area contributed by atoms with Gasteiger partial charge in [-0.2, -0.15) is 0 Å². The van der Waals surface area contributed by atoms with Gasteiger partial charge in [-0.1, -0.05) is 0 Å². The van der Waals surface area contributed by atoms with Gasteiger partial charge in [-0.15, -0.1) is 0 Å². The maximum atomic E-state index is 11.2. The molecule has 30 heavy (non-hydrogen) atoms. The number of carbonyl (C=O) groups is 1. The molecule has 6 heteroatoms. The fraction of sp³-hybridized carbons (Fsp3) is 0.208. The number of halogens is 1. The summed E-state index contributed by atoms with van der Waals surface area (Å²) in [4.78, 5) is 11.2. The third-order valence-electron chi connectivity index (χ3n) is 5.20. The van der Waals surface area contributed by atoms with Gasteiger partial charge in [-0.25, -0.2) is 0 Å². The Labute approximate surface area is 186 Å². The number of hydrogen-bond acceptors (Lipinski definition) is 4. The molecule has 0 aliphatic rings. The molecule has 0 radical (unpaired) electrons. The fourth-order valence-corrected chi connectivity index (χ4v) is 10.7. The molecule has 3 aromatic carbocycles. The van der Waals surface area contributed by atoms with Gasteiger partial charge in [0.1, 0.15) is 0 Å². The van der Waals surface area contributed by atoms with Gasteiger partial charge in [0, 0.05) is 0 Å². The number of carbonyl (C=O) groups excluding carboxylic acids is 1. The van der Waals surface area contributed by atoms with E-state index in [2.05, 4.69) is 88.3 Å². The minimum absolute atomic E-state index is 0.117. The van der Waals surface area contributed by atoms with Gasteiger partial charge < -0.3 is 0 Å². The van der Waals surface area contributed by atoms with Gasteiger partial charge >= 0.3 is 186 Å². The Morgan fingerprint density at radius 1 is 0.733 bits per heavy atom. The monoisotopic (exact) mass is 487 g/mol. The van der Waals surface area contributed by atoms with Crippen LogP contribution in [0, 0.1) is 0 Å². The zero-order valence-corrected chi connectivity index (χ0v) is 19.3. The van der Waals surface area contributed by atoms with E-state index in [-0.39, 0.29) is 13.2 Å². The summed E-state index contributed by atoms with van der Waals surface area (Å²) in [5.74, 6) is -0.420. The van der Waals surface area contributed by atoms with Crippen LogP contribution in [0.4, 0.5) is 0 Å². The molecule has 3 rings (SSSR count). The Morgan fingerprint density at radius 2 is 1.17 bits per heavy atom. The molecule has 0 amide bonds. The van der Waals surface area contributed by atoms with Crippen molar-refractivity contribution in [1.82, 2.24) is 0 Å². The third-order valence-corrected chi connectivity index (χ3v) is 15.1. The van der Waals surface area contributed by atoms with Gasteiger partial charge in [0.05, 0.1) is 0 Å². The molecule has 0 aliphatic carbocycles. The first-order valence-electron chi connectivity index (χ1n) is 9.92. The summed E-state index contributed by atoms with van der Waals surface area (Å²) in [5, 5.41) is 0.782. The van der Waals surface area contributed by atoms with Crippen molar-refractivity contribution in [2.75, 3.05) is 32.5 Å². The van der Waals surface area contributed by atoms with E-state index in [0.717, 1.165) is 6.16 Å². The van der Waals surface area contributed by atoms with Crippen LogP contribution >= 0.6 is 20.8 Å². The summed E-state index contributed by atoms with van der Waals surface area (Å²) in [6.07, 6.45) is 0.772. The molecule has 0 aliphatic heterocycles. The van der Waals surface area contributed by atoms with Crippen molar-refractivity contribution in [2.45, 2.75) is 0 Å². The summed E-state index contributed by atoms with van der Waals surface area (Å²) in [7, 11) is 0. The number of hydrogen-bond donors (Lipinski definition) is 1. The topological polar surface area (TPSA) is 61.6 Å². The van der Waals surface area contributed by atoms with E-state index in [1.807, 2.05) is 18.2 Å². The van der Waals surface area contributed by atoms with E-state index >= 15 is 0 Å². The van der Waals surface area contributed by atoms with Crippen LogP contribution in [0.15, 0.2) is 91.0 Å². The number of ether oxygens (including phenoxy) is 2. The van der Waals surface area contributed by atoms with E-state index < -0.39 is 11.3 Å². The van der Waals surface area contributed by atoms with Crippen molar-refractivity contribution in [3.8, 4) is 0 Å². The second-order valence-corrected chi connectivity index (χ2v) is 16.0. The molecule has 0 unspecified atom stereocenters.